The van der Waals surface area contributed by atoms with E-state index in [1.54, 1.807) is 18.1 Å². The Morgan fingerprint density at radius 3 is 2.88 bits per heavy atom. The Morgan fingerprint density at radius 1 is 1.24 bits per heavy atom. The van der Waals surface area contributed by atoms with Gasteiger partial charge in [-0.15, -0.1) is 0 Å². The molecule has 0 bridgehead atoms. The van der Waals surface area contributed by atoms with Crippen LogP contribution in [-0.4, -0.2) is 55.6 Å². The molecular weight excluding hydrogens is 326 g/mol. The number of ether oxygens (including phenoxy) is 1. The van der Waals surface area contributed by atoms with Gasteiger partial charge in [-0.2, -0.15) is 0 Å². The molecule has 2 heterocycles. The largest absolute Gasteiger partial charge is 0.385 e. The number of nitrogens with zero attached hydrogens (tertiary/aromatic N) is 2. The van der Waals surface area contributed by atoms with E-state index in [-0.39, 0.29) is 23.4 Å². The van der Waals surface area contributed by atoms with Gasteiger partial charge in [0.1, 0.15) is 0 Å². The topological polar surface area (TPSA) is 32.8 Å². The van der Waals surface area contributed by atoms with Gasteiger partial charge in [0.25, 0.3) is 0 Å². The Kier molecular flexibility index (Phi) is 5.69. The Hall–Kier alpha value is -1.53. The van der Waals surface area contributed by atoms with Gasteiger partial charge in [-0.25, -0.2) is 8.78 Å². The van der Waals surface area contributed by atoms with Crippen molar-refractivity contribution in [2.75, 3.05) is 39.9 Å². The van der Waals surface area contributed by atoms with Crippen LogP contribution in [0.25, 0.3) is 0 Å². The first-order valence-electron chi connectivity index (χ1n) is 8.99. The van der Waals surface area contributed by atoms with E-state index in [4.69, 9.17) is 4.74 Å². The van der Waals surface area contributed by atoms with Crippen molar-refractivity contribution in [1.29, 1.82) is 0 Å². The second-order valence-electron chi connectivity index (χ2n) is 7.20. The molecule has 2 aliphatic heterocycles. The molecule has 1 atom stereocenters. The zero-order valence-corrected chi connectivity index (χ0v) is 14.8. The predicted octanol–water partition coefficient (Wildman–Crippen LogP) is 2.82. The van der Waals surface area contributed by atoms with Gasteiger partial charge in [0, 0.05) is 45.5 Å². The minimum Gasteiger partial charge on any atom is -0.385 e. The van der Waals surface area contributed by atoms with Crippen LogP contribution >= 0.6 is 0 Å². The van der Waals surface area contributed by atoms with Gasteiger partial charge in [-0.3, -0.25) is 4.79 Å². The van der Waals surface area contributed by atoms with Crippen LogP contribution in [0.5, 0.6) is 0 Å². The first kappa shape index (κ1) is 18.3. The van der Waals surface area contributed by atoms with Crippen LogP contribution < -0.4 is 0 Å². The van der Waals surface area contributed by atoms with Crippen LogP contribution in [0, 0.1) is 17.0 Å². The monoisotopic (exact) mass is 352 g/mol. The van der Waals surface area contributed by atoms with E-state index in [2.05, 4.69) is 4.90 Å². The molecule has 138 valence electrons. The molecule has 2 aliphatic rings. The lowest BCUT2D eigenvalue weighted by molar-refractivity contribution is -0.146. The average Bonchev–Trinajstić information content (AvgIpc) is 3.00. The summed E-state index contributed by atoms with van der Waals surface area (Å²) < 4.78 is 32.5. The first-order valence-corrected chi connectivity index (χ1v) is 8.99. The van der Waals surface area contributed by atoms with Crippen LogP contribution in [0.15, 0.2) is 18.2 Å². The smallest absolute Gasteiger partial charge is 0.230 e. The number of benzene rings is 1. The fraction of sp³-hybridized carbons (Fsp3) is 0.632. The molecule has 0 unspecified atom stereocenters. The fourth-order valence-corrected chi connectivity index (χ4v) is 4.14. The van der Waals surface area contributed by atoms with E-state index in [9.17, 15) is 13.6 Å². The number of amides is 1. The van der Waals surface area contributed by atoms with Gasteiger partial charge in [-0.05, 0) is 38.3 Å². The minimum absolute atomic E-state index is 0.0941. The third-order valence-electron chi connectivity index (χ3n) is 5.47. The van der Waals surface area contributed by atoms with Gasteiger partial charge >= 0.3 is 0 Å². The summed E-state index contributed by atoms with van der Waals surface area (Å²) in [5.74, 6) is -1.61. The molecule has 25 heavy (non-hydrogen) atoms. The molecule has 0 aromatic heterocycles. The quantitative estimate of drug-likeness (QED) is 0.738. The van der Waals surface area contributed by atoms with Crippen LogP contribution in [0.1, 0.15) is 31.2 Å². The molecule has 1 spiro atoms. The van der Waals surface area contributed by atoms with Crippen molar-refractivity contribution in [2.45, 2.75) is 32.2 Å². The average molecular weight is 352 g/mol. The number of carbonyl (C=O) groups is 1. The number of halogens is 2. The molecular formula is C19H26F2N2O2. The number of hydrogen-bond donors (Lipinski definition) is 0. The van der Waals surface area contributed by atoms with Crippen LogP contribution in [0.4, 0.5) is 8.78 Å². The lowest BCUT2D eigenvalue weighted by Crippen LogP contribution is -2.49. The maximum atomic E-state index is 14.0. The lowest BCUT2D eigenvalue weighted by atomic mass is 9.78. The second kappa shape index (κ2) is 7.79. The predicted molar refractivity (Wildman–Crippen MR) is 91.0 cm³/mol. The van der Waals surface area contributed by atoms with Gasteiger partial charge < -0.3 is 14.5 Å². The van der Waals surface area contributed by atoms with Crippen molar-refractivity contribution in [2.24, 2.45) is 5.41 Å². The molecule has 1 amide bonds. The van der Waals surface area contributed by atoms with E-state index in [1.165, 1.54) is 6.07 Å². The number of piperidine rings is 1. The number of likely N-dealkylation sites (tertiary alicyclic amines) is 2. The Bertz CT molecular complexity index is 625. The van der Waals surface area contributed by atoms with E-state index in [0.29, 0.717) is 6.54 Å². The van der Waals surface area contributed by atoms with E-state index < -0.39 is 11.6 Å². The van der Waals surface area contributed by atoms with Crippen molar-refractivity contribution >= 4 is 5.91 Å². The molecule has 3 rings (SSSR count). The van der Waals surface area contributed by atoms with Crippen LogP contribution in [0.3, 0.4) is 0 Å². The summed E-state index contributed by atoms with van der Waals surface area (Å²) in [4.78, 5) is 17.1. The summed E-state index contributed by atoms with van der Waals surface area (Å²) in [5, 5.41) is 0. The van der Waals surface area contributed by atoms with Crippen LogP contribution in [-0.2, 0) is 16.1 Å². The number of carbonyl (C=O) groups excluding carboxylic acids is 1. The lowest BCUT2D eigenvalue weighted by Gasteiger charge is -2.39. The third kappa shape index (κ3) is 3.85. The highest BCUT2D eigenvalue weighted by Gasteiger charge is 2.48. The van der Waals surface area contributed by atoms with Gasteiger partial charge in [-0.1, -0.05) is 12.1 Å². The fourth-order valence-electron chi connectivity index (χ4n) is 4.14. The zero-order valence-electron chi connectivity index (χ0n) is 14.8. The molecule has 0 N–H and O–H groups in total. The summed E-state index contributed by atoms with van der Waals surface area (Å²) in [6.07, 6.45) is 3.60. The van der Waals surface area contributed by atoms with Crippen molar-refractivity contribution in [3.05, 3.63) is 35.4 Å². The van der Waals surface area contributed by atoms with Crippen molar-refractivity contribution in [1.82, 2.24) is 9.80 Å². The Labute approximate surface area is 147 Å². The minimum atomic E-state index is -0.859. The molecule has 2 fully saturated rings. The second-order valence-corrected chi connectivity index (χ2v) is 7.20. The number of rotatable bonds is 6. The summed E-state index contributed by atoms with van der Waals surface area (Å²) in [6, 6.07) is 4.15. The highest BCUT2D eigenvalue weighted by Crippen LogP contribution is 2.40. The molecule has 4 nitrogen and oxygen atoms in total. The van der Waals surface area contributed by atoms with Crippen LogP contribution in [0.2, 0.25) is 0 Å². The highest BCUT2D eigenvalue weighted by molar-refractivity contribution is 5.84. The SMILES string of the molecule is COCCCN1CC[C@]2(CCCN(Cc3cccc(F)c3F)C2=O)C1. The normalized spacial score (nSPS) is 24.4. The highest BCUT2D eigenvalue weighted by atomic mass is 19.2. The molecule has 1 aromatic carbocycles. The Balaban J connectivity index is 1.66. The Morgan fingerprint density at radius 2 is 2.08 bits per heavy atom. The van der Waals surface area contributed by atoms with Gasteiger partial charge in [0.2, 0.25) is 5.91 Å². The number of hydrogen-bond acceptors (Lipinski definition) is 3. The molecule has 0 aliphatic carbocycles. The van der Waals surface area contributed by atoms with Gasteiger partial charge in [0.15, 0.2) is 11.6 Å². The first-order chi connectivity index (χ1) is 12.1. The van der Waals surface area contributed by atoms with Gasteiger partial charge in [0.05, 0.1) is 5.41 Å². The molecule has 0 saturated carbocycles. The third-order valence-corrected chi connectivity index (χ3v) is 5.47. The summed E-state index contributed by atoms with van der Waals surface area (Å²) >= 11 is 0. The molecule has 1 aromatic rings. The standard InChI is InChI=1S/C19H26F2N2O2/c1-25-12-4-9-22-11-8-19(14-22)7-3-10-23(18(19)24)13-15-5-2-6-16(20)17(15)21/h2,5-6H,3-4,7-14H2,1H3/t19-/m1/s1. The maximum absolute atomic E-state index is 14.0. The van der Waals surface area contributed by atoms with Crippen molar-refractivity contribution in [3.8, 4) is 0 Å². The summed E-state index contributed by atoms with van der Waals surface area (Å²) in [5.41, 5.74) is -0.102. The molecule has 0 radical (unpaired) electrons. The summed E-state index contributed by atoms with van der Waals surface area (Å²) in [6.45, 7) is 4.09. The van der Waals surface area contributed by atoms with Crippen molar-refractivity contribution in [3.63, 3.8) is 0 Å². The molecule has 2 saturated heterocycles. The zero-order chi connectivity index (χ0) is 17.9. The molecule has 6 heteroatoms. The van der Waals surface area contributed by atoms with E-state index >= 15 is 0 Å². The summed E-state index contributed by atoms with van der Waals surface area (Å²) in [7, 11) is 1.69. The number of methoxy groups -OCH3 is 1. The van der Waals surface area contributed by atoms with E-state index in [1.807, 2.05) is 0 Å². The maximum Gasteiger partial charge on any atom is 0.230 e. The van der Waals surface area contributed by atoms with E-state index in [0.717, 1.165) is 58.0 Å². The van der Waals surface area contributed by atoms with Crippen molar-refractivity contribution < 1.29 is 18.3 Å².